The van der Waals surface area contributed by atoms with E-state index < -0.39 is 10.0 Å². The second kappa shape index (κ2) is 8.69. The predicted octanol–water partition coefficient (Wildman–Crippen LogP) is 4.36. The standard InChI is InChI=1S/C24H23BrN4O2S/c25-20-10-12-21(13-11-20)32(30,31)28-16-14-27(15-17-28)24-26-22-8-4-5-9-23(22)29(24)18-19-6-2-1-3-7-19/h1-13H,14-18H2. The number of hydrogen-bond donors (Lipinski definition) is 0. The fraction of sp³-hybridized carbons (Fsp3) is 0.208. The van der Waals surface area contributed by atoms with Crippen LogP contribution in [0.1, 0.15) is 5.56 Å². The first kappa shape index (κ1) is 21.2. The Morgan fingerprint density at radius 1 is 0.812 bits per heavy atom. The Hall–Kier alpha value is -2.68. The molecule has 0 radical (unpaired) electrons. The molecule has 5 rings (SSSR count). The molecule has 1 aromatic heterocycles. The van der Waals surface area contributed by atoms with Crippen molar-refractivity contribution in [2.75, 3.05) is 31.1 Å². The largest absolute Gasteiger partial charge is 0.340 e. The Kier molecular flexibility index (Phi) is 5.75. The molecule has 0 aliphatic carbocycles. The predicted molar refractivity (Wildman–Crippen MR) is 130 cm³/mol. The molecule has 1 aliphatic heterocycles. The number of fused-ring (bicyclic) bond motifs is 1. The van der Waals surface area contributed by atoms with Crippen LogP contribution in [0.15, 0.2) is 88.2 Å². The summed E-state index contributed by atoms with van der Waals surface area (Å²) in [6.45, 7) is 2.75. The molecule has 0 spiro atoms. The Morgan fingerprint density at radius 3 is 2.19 bits per heavy atom. The van der Waals surface area contributed by atoms with Gasteiger partial charge in [0.2, 0.25) is 16.0 Å². The SMILES string of the molecule is O=S(=O)(c1ccc(Br)cc1)N1CCN(c2nc3ccccc3n2Cc2ccccc2)CC1. The van der Waals surface area contributed by atoms with Crippen LogP contribution >= 0.6 is 15.9 Å². The molecule has 1 fully saturated rings. The van der Waals surface area contributed by atoms with Gasteiger partial charge in [-0.1, -0.05) is 58.4 Å². The van der Waals surface area contributed by atoms with Crippen LogP contribution < -0.4 is 4.90 Å². The highest BCUT2D eigenvalue weighted by Gasteiger charge is 2.30. The second-order valence-corrected chi connectivity index (χ2v) is 10.7. The lowest BCUT2D eigenvalue weighted by molar-refractivity contribution is 0.381. The fourth-order valence-corrected chi connectivity index (χ4v) is 5.80. The minimum Gasteiger partial charge on any atom is -0.340 e. The maximum Gasteiger partial charge on any atom is 0.243 e. The van der Waals surface area contributed by atoms with Crippen molar-refractivity contribution in [3.05, 3.63) is 88.9 Å². The Balaban J connectivity index is 1.40. The molecule has 1 saturated heterocycles. The van der Waals surface area contributed by atoms with E-state index in [4.69, 9.17) is 4.98 Å². The lowest BCUT2D eigenvalue weighted by Gasteiger charge is -2.34. The summed E-state index contributed by atoms with van der Waals surface area (Å²) >= 11 is 3.36. The number of hydrogen-bond acceptors (Lipinski definition) is 4. The maximum absolute atomic E-state index is 13.1. The molecular formula is C24H23BrN4O2S. The molecular weight excluding hydrogens is 488 g/mol. The van der Waals surface area contributed by atoms with E-state index in [2.05, 4.69) is 43.6 Å². The zero-order valence-electron chi connectivity index (χ0n) is 17.4. The van der Waals surface area contributed by atoms with Gasteiger partial charge in [0.05, 0.1) is 22.5 Å². The van der Waals surface area contributed by atoms with Gasteiger partial charge in [0.15, 0.2) is 0 Å². The molecule has 0 atom stereocenters. The highest BCUT2D eigenvalue weighted by atomic mass is 79.9. The van der Waals surface area contributed by atoms with Crippen LogP contribution in [0.4, 0.5) is 5.95 Å². The van der Waals surface area contributed by atoms with Gasteiger partial charge in [-0.05, 0) is 42.0 Å². The minimum atomic E-state index is -3.51. The number of halogens is 1. The van der Waals surface area contributed by atoms with Crippen molar-refractivity contribution in [3.63, 3.8) is 0 Å². The van der Waals surface area contributed by atoms with E-state index in [0.29, 0.717) is 37.6 Å². The van der Waals surface area contributed by atoms with Gasteiger partial charge in [-0.15, -0.1) is 0 Å². The summed E-state index contributed by atoms with van der Waals surface area (Å²) in [6.07, 6.45) is 0. The van der Waals surface area contributed by atoms with Crippen molar-refractivity contribution in [1.82, 2.24) is 13.9 Å². The van der Waals surface area contributed by atoms with Crippen LogP contribution in [0.25, 0.3) is 11.0 Å². The molecule has 0 N–H and O–H groups in total. The van der Waals surface area contributed by atoms with Crippen molar-refractivity contribution in [2.24, 2.45) is 0 Å². The minimum absolute atomic E-state index is 0.325. The summed E-state index contributed by atoms with van der Waals surface area (Å²) in [5.41, 5.74) is 3.23. The Labute approximate surface area is 196 Å². The van der Waals surface area contributed by atoms with E-state index >= 15 is 0 Å². The monoisotopic (exact) mass is 510 g/mol. The number of rotatable bonds is 5. The number of nitrogens with zero attached hydrogens (tertiary/aromatic N) is 4. The maximum atomic E-state index is 13.1. The first-order chi connectivity index (χ1) is 15.5. The van der Waals surface area contributed by atoms with Crippen molar-refractivity contribution in [3.8, 4) is 0 Å². The highest BCUT2D eigenvalue weighted by Crippen LogP contribution is 2.26. The molecule has 164 valence electrons. The fourth-order valence-electron chi connectivity index (χ4n) is 4.11. The van der Waals surface area contributed by atoms with Crippen molar-refractivity contribution in [2.45, 2.75) is 11.4 Å². The van der Waals surface area contributed by atoms with Gasteiger partial charge >= 0.3 is 0 Å². The van der Waals surface area contributed by atoms with Crippen LogP contribution in [-0.2, 0) is 16.6 Å². The number of para-hydroxylation sites is 2. The molecule has 0 unspecified atom stereocenters. The Morgan fingerprint density at radius 2 is 1.47 bits per heavy atom. The molecule has 3 aromatic carbocycles. The van der Waals surface area contributed by atoms with Crippen LogP contribution in [-0.4, -0.2) is 48.5 Å². The third kappa shape index (κ3) is 4.05. The van der Waals surface area contributed by atoms with Gasteiger partial charge in [0, 0.05) is 30.7 Å². The number of anilines is 1. The molecule has 32 heavy (non-hydrogen) atoms. The van der Waals surface area contributed by atoms with Gasteiger partial charge in [-0.2, -0.15) is 4.31 Å². The molecule has 0 amide bonds. The van der Waals surface area contributed by atoms with E-state index in [1.165, 1.54) is 5.56 Å². The number of benzene rings is 3. The molecule has 0 bridgehead atoms. The second-order valence-electron chi connectivity index (χ2n) is 7.82. The van der Waals surface area contributed by atoms with E-state index in [-0.39, 0.29) is 0 Å². The lowest BCUT2D eigenvalue weighted by atomic mass is 10.2. The van der Waals surface area contributed by atoms with Gasteiger partial charge in [-0.3, -0.25) is 0 Å². The average molecular weight is 511 g/mol. The molecule has 8 heteroatoms. The Bertz CT molecular complexity index is 1330. The summed E-state index contributed by atoms with van der Waals surface area (Å²) in [7, 11) is -3.51. The summed E-state index contributed by atoms with van der Waals surface area (Å²) < 4.78 is 30.8. The summed E-state index contributed by atoms with van der Waals surface area (Å²) in [6, 6.07) is 25.3. The number of imidazole rings is 1. The average Bonchev–Trinajstić information content (AvgIpc) is 3.18. The topological polar surface area (TPSA) is 58.4 Å². The normalized spacial score (nSPS) is 15.3. The van der Waals surface area contributed by atoms with Gasteiger partial charge < -0.3 is 9.47 Å². The van der Waals surface area contributed by atoms with Crippen LogP contribution in [0.5, 0.6) is 0 Å². The first-order valence-electron chi connectivity index (χ1n) is 10.5. The third-order valence-electron chi connectivity index (χ3n) is 5.79. The molecule has 2 heterocycles. The summed E-state index contributed by atoms with van der Waals surface area (Å²) in [5.74, 6) is 0.885. The van der Waals surface area contributed by atoms with Crippen LogP contribution in [0.2, 0.25) is 0 Å². The molecule has 1 aliphatic rings. The van der Waals surface area contributed by atoms with E-state index in [9.17, 15) is 8.42 Å². The number of piperazine rings is 1. The van der Waals surface area contributed by atoms with Gasteiger partial charge in [0.1, 0.15) is 0 Å². The van der Waals surface area contributed by atoms with E-state index in [0.717, 1.165) is 21.5 Å². The van der Waals surface area contributed by atoms with E-state index in [1.807, 2.05) is 36.4 Å². The number of sulfonamides is 1. The van der Waals surface area contributed by atoms with Crippen LogP contribution in [0.3, 0.4) is 0 Å². The van der Waals surface area contributed by atoms with Crippen molar-refractivity contribution in [1.29, 1.82) is 0 Å². The lowest BCUT2D eigenvalue weighted by Crippen LogP contribution is -2.49. The molecule has 6 nitrogen and oxygen atoms in total. The number of aromatic nitrogens is 2. The van der Waals surface area contributed by atoms with Gasteiger partial charge in [0.25, 0.3) is 0 Å². The van der Waals surface area contributed by atoms with Crippen LogP contribution in [0, 0.1) is 0 Å². The zero-order valence-corrected chi connectivity index (χ0v) is 19.8. The third-order valence-corrected chi connectivity index (χ3v) is 8.23. The smallest absolute Gasteiger partial charge is 0.243 e. The van der Waals surface area contributed by atoms with Crippen molar-refractivity contribution < 1.29 is 8.42 Å². The van der Waals surface area contributed by atoms with Gasteiger partial charge in [-0.25, -0.2) is 13.4 Å². The summed E-state index contributed by atoms with van der Waals surface area (Å²) in [5, 5.41) is 0. The van der Waals surface area contributed by atoms with E-state index in [1.54, 1.807) is 28.6 Å². The highest BCUT2D eigenvalue weighted by molar-refractivity contribution is 9.10. The molecule has 0 saturated carbocycles. The zero-order chi connectivity index (χ0) is 22.1. The van der Waals surface area contributed by atoms with Crippen molar-refractivity contribution >= 4 is 42.9 Å². The first-order valence-corrected chi connectivity index (χ1v) is 12.8. The molecule has 4 aromatic rings. The summed E-state index contributed by atoms with van der Waals surface area (Å²) in [4.78, 5) is 7.42. The quantitative estimate of drug-likeness (QED) is 0.400.